The van der Waals surface area contributed by atoms with E-state index in [0.29, 0.717) is 44.4 Å². The van der Waals surface area contributed by atoms with Crippen LogP contribution in [0.2, 0.25) is 10.0 Å². The average molecular weight is 633 g/mol. The topological polar surface area (TPSA) is 96.5 Å². The van der Waals surface area contributed by atoms with Gasteiger partial charge in [0.05, 0.1) is 16.3 Å². The zero-order valence-electron chi connectivity index (χ0n) is 23.8. The van der Waals surface area contributed by atoms with Gasteiger partial charge in [0.2, 0.25) is 6.79 Å². The first-order valence-electron chi connectivity index (χ1n) is 13.6. The Labute approximate surface area is 263 Å². The molecule has 0 unspecified atom stereocenters. The summed E-state index contributed by atoms with van der Waals surface area (Å²) >= 11 is 12.8. The molecule has 1 aliphatic rings. The number of benzene rings is 3. The highest BCUT2D eigenvalue weighted by atomic mass is 35.5. The molecule has 0 spiro atoms. The van der Waals surface area contributed by atoms with Crippen LogP contribution in [-0.2, 0) is 13.2 Å². The fourth-order valence-electron chi connectivity index (χ4n) is 4.70. The summed E-state index contributed by atoms with van der Waals surface area (Å²) in [7, 11) is 0. The van der Waals surface area contributed by atoms with E-state index in [4.69, 9.17) is 46.6 Å². The predicted molar refractivity (Wildman–Crippen MR) is 167 cm³/mol. The molecule has 3 heterocycles. The van der Waals surface area contributed by atoms with Crippen molar-refractivity contribution in [1.82, 2.24) is 9.99 Å². The second-order valence-corrected chi connectivity index (χ2v) is 10.8. The monoisotopic (exact) mass is 631 g/mol. The van der Waals surface area contributed by atoms with Gasteiger partial charge in [0.1, 0.15) is 24.7 Å². The quantitative estimate of drug-likeness (QED) is 0.126. The summed E-state index contributed by atoms with van der Waals surface area (Å²) in [5.41, 5.74) is 7.25. The first kappa shape index (κ1) is 29.2. The second kappa shape index (κ2) is 12.8. The van der Waals surface area contributed by atoms with E-state index in [1.165, 1.54) is 6.21 Å². The van der Waals surface area contributed by atoms with Crippen molar-refractivity contribution in [3.05, 3.63) is 123 Å². The Hall–Kier alpha value is -4.86. The number of nitrogens with zero attached hydrogens (tertiary/aromatic N) is 2. The van der Waals surface area contributed by atoms with E-state index in [2.05, 4.69) is 41.1 Å². The third-order valence-corrected chi connectivity index (χ3v) is 7.41. The number of hydrogen-bond donors (Lipinski definition) is 1. The minimum atomic E-state index is -0.518. The van der Waals surface area contributed by atoms with E-state index in [0.717, 1.165) is 22.6 Å². The molecular weight excluding hydrogens is 605 g/mol. The molecule has 224 valence electrons. The fourth-order valence-corrected chi connectivity index (χ4v) is 5.31. The summed E-state index contributed by atoms with van der Waals surface area (Å²) in [6.45, 7) is 4.73. The van der Waals surface area contributed by atoms with Crippen molar-refractivity contribution < 1.29 is 28.2 Å². The summed E-state index contributed by atoms with van der Waals surface area (Å²) in [6, 6.07) is 24.0. The van der Waals surface area contributed by atoms with Crippen molar-refractivity contribution >= 4 is 35.3 Å². The standard InChI is InChI=1S/C33H27Cl2N3O6/c1-20-3-4-21(2)38(20)24-6-8-25(9-7-24)40-18-26-10-12-30(44-26)33(39)37-36-16-23-13-27(34)32(28(35)14-23)41-17-22-5-11-29-31(15-22)43-19-42-29/h3-16H,17-19H2,1-2H3,(H,37,39)/b36-16+. The third kappa shape index (κ3) is 6.54. The van der Waals surface area contributed by atoms with Crippen molar-refractivity contribution in [2.45, 2.75) is 27.1 Å². The Morgan fingerprint density at radius 1 is 0.886 bits per heavy atom. The lowest BCUT2D eigenvalue weighted by molar-refractivity contribution is 0.0923. The Kier molecular flexibility index (Phi) is 8.49. The highest BCUT2D eigenvalue weighted by Gasteiger charge is 2.15. The zero-order chi connectivity index (χ0) is 30.6. The number of amides is 1. The van der Waals surface area contributed by atoms with E-state index < -0.39 is 5.91 Å². The van der Waals surface area contributed by atoms with Crippen molar-refractivity contribution in [3.8, 4) is 28.7 Å². The number of furan rings is 1. The maximum atomic E-state index is 12.6. The molecule has 2 aromatic heterocycles. The molecule has 0 saturated heterocycles. The number of hydrogen-bond acceptors (Lipinski definition) is 7. The Balaban J connectivity index is 1.00. The van der Waals surface area contributed by atoms with Gasteiger partial charge in [-0.3, -0.25) is 4.79 Å². The molecule has 0 radical (unpaired) electrons. The number of nitrogens with one attached hydrogen (secondary N) is 1. The fraction of sp³-hybridized carbons (Fsp3) is 0.152. The van der Waals surface area contributed by atoms with Crippen LogP contribution in [0.5, 0.6) is 23.0 Å². The minimum Gasteiger partial charge on any atom is -0.486 e. The minimum absolute atomic E-state index is 0.0954. The van der Waals surface area contributed by atoms with Gasteiger partial charge in [-0.1, -0.05) is 29.3 Å². The van der Waals surface area contributed by atoms with Gasteiger partial charge >= 0.3 is 5.91 Å². The van der Waals surface area contributed by atoms with Crippen LogP contribution in [0, 0.1) is 13.8 Å². The number of ether oxygens (including phenoxy) is 4. The number of hydrazone groups is 1. The van der Waals surface area contributed by atoms with Crippen LogP contribution >= 0.6 is 23.2 Å². The average Bonchev–Trinajstić information content (AvgIpc) is 3.76. The molecule has 0 atom stereocenters. The number of carbonyl (C=O) groups excluding carboxylic acids is 1. The van der Waals surface area contributed by atoms with Gasteiger partial charge in [0.25, 0.3) is 0 Å². The van der Waals surface area contributed by atoms with Crippen LogP contribution in [0.25, 0.3) is 5.69 Å². The predicted octanol–water partition coefficient (Wildman–Crippen LogP) is 7.64. The van der Waals surface area contributed by atoms with Crippen molar-refractivity contribution in [2.24, 2.45) is 5.10 Å². The van der Waals surface area contributed by atoms with Gasteiger partial charge in [-0.2, -0.15) is 5.10 Å². The molecule has 0 fully saturated rings. The molecule has 11 heteroatoms. The molecule has 1 N–H and O–H groups in total. The Bertz CT molecular complexity index is 1800. The molecule has 1 aliphatic heterocycles. The molecule has 0 aliphatic carbocycles. The summed E-state index contributed by atoms with van der Waals surface area (Å²) in [5.74, 6) is 2.45. The number of fused-ring (bicyclic) bond motifs is 1. The molecule has 3 aromatic carbocycles. The largest absolute Gasteiger partial charge is 0.486 e. The van der Waals surface area contributed by atoms with Crippen molar-refractivity contribution in [3.63, 3.8) is 0 Å². The number of aryl methyl sites for hydroxylation is 2. The Morgan fingerprint density at radius 3 is 2.36 bits per heavy atom. The van der Waals surface area contributed by atoms with Gasteiger partial charge in [-0.05, 0) is 97.8 Å². The number of aromatic nitrogens is 1. The van der Waals surface area contributed by atoms with Crippen molar-refractivity contribution in [1.29, 1.82) is 0 Å². The molecule has 44 heavy (non-hydrogen) atoms. The molecule has 0 bridgehead atoms. The van der Waals surface area contributed by atoms with E-state index in [1.807, 2.05) is 42.5 Å². The van der Waals surface area contributed by atoms with Gasteiger partial charge in [-0.25, -0.2) is 5.43 Å². The van der Waals surface area contributed by atoms with Gasteiger partial charge in [0, 0.05) is 17.1 Å². The van der Waals surface area contributed by atoms with Crippen LogP contribution < -0.4 is 24.4 Å². The van der Waals surface area contributed by atoms with E-state index in [1.54, 1.807) is 24.3 Å². The smallest absolute Gasteiger partial charge is 0.307 e. The van der Waals surface area contributed by atoms with Gasteiger partial charge in [0.15, 0.2) is 23.0 Å². The molecule has 5 aromatic rings. The summed E-state index contributed by atoms with van der Waals surface area (Å²) in [4.78, 5) is 12.6. The first-order valence-corrected chi connectivity index (χ1v) is 14.4. The van der Waals surface area contributed by atoms with Crippen LogP contribution in [-0.4, -0.2) is 23.5 Å². The number of rotatable bonds is 10. The molecule has 1 amide bonds. The maximum Gasteiger partial charge on any atom is 0.307 e. The van der Waals surface area contributed by atoms with Crippen LogP contribution in [0.3, 0.4) is 0 Å². The molecule has 6 rings (SSSR count). The van der Waals surface area contributed by atoms with Crippen LogP contribution in [0.1, 0.15) is 38.8 Å². The molecule has 0 saturated carbocycles. The third-order valence-electron chi connectivity index (χ3n) is 6.85. The lowest BCUT2D eigenvalue weighted by Gasteiger charge is -2.11. The normalized spacial score (nSPS) is 12.1. The lowest BCUT2D eigenvalue weighted by Crippen LogP contribution is -2.16. The number of halogens is 2. The van der Waals surface area contributed by atoms with E-state index in [9.17, 15) is 4.79 Å². The number of carbonyl (C=O) groups is 1. The highest BCUT2D eigenvalue weighted by molar-refractivity contribution is 6.37. The summed E-state index contributed by atoms with van der Waals surface area (Å²) < 4.78 is 30.2. The Morgan fingerprint density at radius 2 is 1.61 bits per heavy atom. The molecular formula is C33H27Cl2N3O6. The zero-order valence-corrected chi connectivity index (χ0v) is 25.3. The van der Waals surface area contributed by atoms with Crippen molar-refractivity contribution in [2.75, 3.05) is 6.79 Å². The van der Waals surface area contributed by atoms with Gasteiger partial charge in [-0.15, -0.1) is 0 Å². The molecule has 9 nitrogen and oxygen atoms in total. The van der Waals surface area contributed by atoms with Gasteiger partial charge < -0.3 is 27.9 Å². The van der Waals surface area contributed by atoms with Crippen LogP contribution in [0.15, 0.2) is 88.4 Å². The highest BCUT2D eigenvalue weighted by Crippen LogP contribution is 2.36. The summed E-state index contributed by atoms with van der Waals surface area (Å²) in [5, 5.41) is 4.59. The second-order valence-electron chi connectivity index (χ2n) is 9.99. The van der Waals surface area contributed by atoms with E-state index in [-0.39, 0.29) is 25.8 Å². The summed E-state index contributed by atoms with van der Waals surface area (Å²) in [6.07, 6.45) is 1.42. The maximum absolute atomic E-state index is 12.6. The van der Waals surface area contributed by atoms with E-state index >= 15 is 0 Å². The first-order chi connectivity index (χ1) is 21.3. The lowest BCUT2D eigenvalue weighted by atomic mass is 10.2. The van der Waals surface area contributed by atoms with Crippen LogP contribution in [0.4, 0.5) is 0 Å². The SMILES string of the molecule is Cc1ccc(C)n1-c1ccc(OCc2ccc(C(=O)N/N=C/c3cc(Cl)c(OCc4ccc5c(c4)OCO5)c(Cl)c3)o2)cc1.